The molecule has 0 aromatic heterocycles. The minimum absolute atomic E-state index is 0.0451. The van der Waals surface area contributed by atoms with Crippen LogP contribution in [-0.4, -0.2) is 23.7 Å². The lowest BCUT2D eigenvalue weighted by molar-refractivity contribution is 0.0693. The number of urea groups is 1. The zero-order valence-electron chi connectivity index (χ0n) is 11.2. The van der Waals surface area contributed by atoms with Crippen molar-refractivity contribution in [1.82, 2.24) is 5.32 Å². The average molecular weight is 280 g/mol. The number of carbonyl (C=O) groups excluding carboxylic acids is 1. The van der Waals surface area contributed by atoms with Crippen molar-refractivity contribution in [3.63, 3.8) is 0 Å². The fourth-order valence-corrected chi connectivity index (χ4v) is 2.11. The highest BCUT2D eigenvalue weighted by Gasteiger charge is 2.40. The number of nitrogens with one attached hydrogen (secondary N) is 2. The number of carboxylic acids is 1. The number of aromatic carboxylic acids is 1. The lowest BCUT2D eigenvalue weighted by atomic mass is 10.0. The second-order valence-corrected chi connectivity index (χ2v) is 5.13. The molecule has 0 saturated heterocycles. The minimum atomic E-state index is -1.41. The van der Waals surface area contributed by atoms with Gasteiger partial charge in [-0.2, -0.15) is 0 Å². The molecule has 2 rings (SSSR count). The quantitative estimate of drug-likeness (QED) is 0.776. The smallest absolute Gasteiger partial charge is 0.340 e. The van der Waals surface area contributed by atoms with Crippen molar-refractivity contribution in [2.24, 2.45) is 5.41 Å². The predicted octanol–water partition coefficient (Wildman–Crippen LogP) is 2.84. The molecule has 0 radical (unpaired) electrons. The van der Waals surface area contributed by atoms with E-state index in [0.29, 0.717) is 6.54 Å². The molecule has 1 aromatic carbocycles. The van der Waals surface area contributed by atoms with Crippen LogP contribution in [0.3, 0.4) is 0 Å². The summed E-state index contributed by atoms with van der Waals surface area (Å²) in [6.07, 6.45) is 3.17. The molecule has 6 heteroatoms. The number of hydrogen-bond donors (Lipinski definition) is 3. The van der Waals surface area contributed by atoms with Crippen LogP contribution < -0.4 is 10.6 Å². The summed E-state index contributed by atoms with van der Waals surface area (Å²) in [7, 11) is 0. The molecule has 1 aliphatic rings. The van der Waals surface area contributed by atoms with Gasteiger partial charge in [-0.3, -0.25) is 0 Å². The van der Waals surface area contributed by atoms with Crippen molar-refractivity contribution in [2.45, 2.75) is 26.2 Å². The van der Waals surface area contributed by atoms with E-state index in [4.69, 9.17) is 5.11 Å². The second kappa shape index (κ2) is 5.48. The van der Waals surface area contributed by atoms with Gasteiger partial charge in [0.05, 0.1) is 5.69 Å². The Hall–Kier alpha value is -2.11. The van der Waals surface area contributed by atoms with E-state index in [1.807, 2.05) is 0 Å². The summed E-state index contributed by atoms with van der Waals surface area (Å²) in [6.45, 7) is 2.62. The summed E-state index contributed by atoms with van der Waals surface area (Å²) >= 11 is 0. The van der Waals surface area contributed by atoms with E-state index >= 15 is 0 Å². The molecule has 2 amide bonds. The van der Waals surface area contributed by atoms with Crippen LogP contribution >= 0.6 is 0 Å². The molecule has 1 saturated carbocycles. The molecule has 3 N–H and O–H groups in total. The number of halogens is 1. The first kappa shape index (κ1) is 14.3. The standard InChI is InChI=1S/C14H17FN2O3/c1-2-14(6-7-14)8-16-13(20)17-10-5-3-4-9(15)11(10)12(18)19/h3-5H,2,6-8H2,1H3,(H,18,19)(H2,16,17,20). The molecule has 0 heterocycles. The molecular weight excluding hydrogens is 263 g/mol. The van der Waals surface area contributed by atoms with Gasteiger partial charge in [-0.05, 0) is 36.8 Å². The Morgan fingerprint density at radius 1 is 1.40 bits per heavy atom. The Kier molecular flexibility index (Phi) is 3.92. The lowest BCUT2D eigenvalue weighted by Crippen LogP contribution is -2.34. The van der Waals surface area contributed by atoms with Crippen LogP contribution in [0.15, 0.2) is 18.2 Å². The summed E-state index contributed by atoms with van der Waals surface area (Å²) in [5.74, 6) is -2.28. The largest absolute Gasteiger partial charge is 0.478 e. The Balaban J connectivity index is 2.01. The van der Waals surface area contributed by atoms with E-state index < -0.39 is 23.4 Å². The summed E-state index contributed by atoms with van der Waals surface area (Å²) in [5, 5.41) is 14.0. The van der Waals surface area contributed by atoms with Gasteiger partial charge in [-0.15, -0.1) is 0 Å². The maximum absolute atomic E-state index is 13.4. The van der Waals surface area contributed by atoms with Crippen molar-refractivity contribution in [3.8, 4) is 0 Å². The first-order valence-corrected chi connectivity index (χ1v) is 6.54. The first-order valence-electron chi connectivity index (χ1n) is 6.54. The van der Waals surface area contributed by atoms with Crippen molar-refractivity contribution >= 4 is 17.7 Å². The van der Waals surface area contributed by atoms with Crippen molar-refractivity contribution < 1.29 is 19.1 Å². The third kappa shape index (κ3) is 3.07. The van der Waals surface area contributed by atoms with Crippen LogP contribution in [0.4, 0.5) is 14.9 Å². The van der Waals surface area contributed by atoms with Gasteiger partial charge in [-0.1, -0.05) is 13.0 Å². The fraction of sp³-hybridized carbons (Fsp3) is 0.429. The van der Waals surface area contributed by atoms with Gasteiger partial charge in [0.2, 0.25) is 0 Å². The molecule has 1 aromatic rings. The number of carboxylic acid groups (broad SMARTS) is 1. The van der Waals surface area contributed by atoms with Gasteiger partial charge in [0.25, 0.3) is 0 Å². The van der Waals surface area contributed by atoms with E-state index in [9.17, 15) is 14.0 Å². The van der Waals surface area contributed by atoms with Crippen molar-refractivity contribution in [1.29, 1.82) is 0 Å². The minimum Gasteiger partial charge on any atom is -0.478 e. The molecule has 5 nitrogen and oxygen atoms in total. The normalized spacial score (nSPS) is 15.5. The number of rotatable bonds is 5. The molecule has 0 aliphatic heterocycles. The van der Waals surface area contributed by atoms with E-state index in [-0.39, 0.29) is 11.1 Å². The third-order valence-electron chi connectivity index (χ3n) is 3.81. The zero-order valence-corrected chi connectivity index (χ0v) is 11.2. The van der Waals surface area contributed by atoms with Gasteiger partial charge >= 0.3 is 12.0 Å². The summed E-state index contributed by atoms with van der Waals surface area (Å²) in [6, 6.07) is 3.24. The van der Waals surface area contributed by atoms with E-state index in [0.717, 1.165) is 25.3 Å². The van der Waals surface area contributed by atoms with Crippen LogP contribution in [0.2, 0.25) is 0 Å². The van der Waals surface area contributed by atoms with Gasteiger partial charge in [-0.25, -0.2) is 14.0 Å². The fourth-order valence-electron chi connectivity index (χ4n) is 2.11. The maximum atomic E-state index is 13.4. The number of amides is 2. The summed E-state index contributed by atoms with van der Waals surface area (Å²) < 4.78 is 13.4. The average Bonchev–Trinajstić information content (AvgIpc) is 3.17. The van der Waals surface area contributed by atoms with Crippen molar-refractivity contribution in [2.75, 3.05) is 11.9 Å². The van der Waals surface area contributed by atoms with Gasteiger partial charge < -0.3 is 15.7 Å². The Morgan fingerprint density at radius 3 is 2.65 bits per heavy atom. The van der Waals surface area contributed by atoms with Gasteiger partial charge in [0, 0.05) is 6.54 Å². The molecule has 0 atom stereocenters. The van der Waals surface area contributed by atoms with E-state index in [1.54, 1.807) is 0 Å². The number of hydrogen-bond acceptors (Lipinski definition) is 2. The molecule has 0 bridgehead atoms. The van der Waals surface area contributed by atoms with Gasteiger partial charge in [0.15, 0.2) is 0 Å². The van der Waals surface area contributed by atoms with Crippen LogP contribution in [0.1, 0.15) is 36.5 Å². The molecular formula is C14H17FN2O3. The maximum Gasteiger partial charge on any atom is 0.340 e. The Morgan fingerprint density at radius 2 is 2.10 bits per heavy atom. The molecule has 1 fully saturated rings. The monoisotopic (exact) mass is 280 g/mol. The number of carbonyl (C=O) groups is 2. The second-order valence-electron chi connectivity index (χ2n) is 5.13. The Labute approximate surface area is 116 Å². The van der Waals surface area contributed by atoms with E-state index in [2.05, 4.69) is 17.6 Å². The SMILES string of the molecule is CCC1(CNC(=O)Nc2cccc(F)c2C(=O)O)CC1. The highest BCUT2D eigenvalue weighted by molar-refractivity contribution is 6.00. The topological polar surface area (TPSA) is 78.4 Å². The lowest BCUT2D eigenvalue weighted by Gasteiger charge is -2.15. The van der Waals surface area contributed by atoms with Crippen LogP contribution in [0.5, 0.6) is 0 Å². The highest BCUT2D eigenvalue weighted by Crippen LogP contribution is 2.47. The highest BCUT2D eigenvalue weighted by atomic mass is 19.1. The van der Waals surface area contributed by atoms with Crippen LogP contribution in [0, 0.1) is 11.2 Å². The van der Waals surface area contributed by atoms with Gasteiger partial charge in [0.1, 0.15) is 11.4 Å². The van der Waals surface area contributed by atoms with E-state index in [1.165, 1.54) is 12.1 Å². The first-order chi connectivity index (χ1) is 9.47. The summed E-state index contributed by atoms with van der Waals surface area (Å²) in [5.41, 5.74) is -0.384. The molecule has 1 aliphatic carbocycles. The van der Waals surface area contributed by atoms with Crippen LogP contribution in [-0.2, 0) is 0 Å². The molecule has 0 spiro atoms. The molecule has 20 heavy (non-hydrogen) atoms. The number of anilines is 1. The summed E-state index contributed by atoms with van der Waals surface area (Å²) in [4.78, 5) is 22.7. The zero-order chi connectivity index (χ0) is 14.8. The molecule has 0 unspecified atom stereocenters. The predicted molar refractivity (Wildman–Crippen MR) is 72.3 cm³/mol. The Bertz CT molecular complexity index is 541. The molecule has 108 valence electrons. The third-order valence-corrected chi connectivity index (χ3v) is 3.81. The number of benzene rings is 1. The van der Waals surface area contributed by atoms with Crippen molar-refractivity contribution in [3.05, 3.63) is 29.6 Å². The van der Waals surface area contributed by atoms with Crippen LogP contribution in [0.25, 0.3) is 0 Å².